The van der Waals surface area contributed by atoms with Gasteiger partial charge in [0.1, 0.15) is 5.04 Å². The molecule has 10 heteroatoms. The first-order valence-corrected chi connectivity index (χ1v) is 11.7. The zero-order chi connectivity index (χ0) is 24.5. The van der Waals surface area contributed by atoms with Gasteiger partial charge in [0.05, 0.1) is 10.5 Å². The molecule has 0 fully saturated rings. The van der Waals surface area contributed by atoms with E-state index in [4.69, 9.17) is 5.41 Å². The van der Waals surface area contributed by atoms with Crippen molar-refractivity contribution >= 4 is 45.5 Å². The predicted octanol–water partition coefficient (Wildman–Crippen LogP) is 5.20. The number of nitro groups is 1. The fourth-order valence-electron chi connectivity index (χ4n) is 4.02. The number of carbonyl (C=O) groups is 1. The maximum Gasteiger partial charge on any atom is 0.283 e. The third kappa shape index (κ3) is 4.19. The zero-order valence-electron chi connectivity index (χ0n) is 18.7. The molecule has 0 bridgehead atoms. The Labute approximate surface area is 205 Å². The van der Waals surface area contributed by atoms with Gasteiger partial charge in [0.15, 0.2) is 5.84 Å². The topological polar surface area (TPSA) is 117 Å². The highest BCUT2D eigenvalue weighted by Crippen LogP contribution is 2.36. The first kappa shape index (κ1) is 22.5. The lowest BCUT2D eigenvalue weighted by Gasteiger charge is -2.20. The van der Waals surface area contributed by atoms with Gasteiger partial charge in [0, 0.05) is 35.6 Å². The minimum absolute atomic E-state index is 0.00648. The van der Waals surface area contributed by atoms with E-state index in [-0.39, 0.29) is 23.0 Å². The van der Waals surface area contributed by atoms with E-state index in [0.717, 1.165) is 17.0 Å². The van der Waals surface area contributed by atoms with Crippen molar-refractivity contribution in [3.05, 3.63) is 99.9 Å². The second-order valence-electron chi connectivity index (χ2n) is 7.91. The third-order valence-electron chi connectivity index (χ3n) is 5.79. The molecule has 5 rings (SSSR count). The standard InChI is InChI=1S/C25H20N6O3S/c1-2-20(16-7-4-3-5-8-16)24-28-30-22(26)21(23(32)27-25(30)35-24)15-19-9-6-14-29(19)17-10-12-18(13-11-17)31(33)34/h3-15,20,26H,2H2,1H3/b21-15+,26-22?. The van der Waals surface area contributed by atoms with E-state index in [9.17, 15) is 14.9 Å². The fourth-order valence-corrected chi connectivity index (χ4v) is 5.12. The summed E-state index contributed by atoms with van der Waals surface area (Å²) in [7, 11) is 0. The van der Waals surface area contributed by atoms with Crippen LogP contribution >= 0.6 is 11.8 Å². The summed E-state index contributed by atoms with van der Waals surface area (Å²) in [6.45, 7) is 2.08. The minimum Gasteiger partial charge on any atom is -0.317 e. The largest absolute Gasteiger partial charge is 0.317 e. The van der Waals surface area contributed by atoms with Crippen molar-refractivity contribution in [2.75, 3.05) is 0 Å². The average molecular weight is 485 g/mol. The highest BCUT2D eigenvalue weighted by Gasteiger charge is 2.37. The number of aliphatic imine (C=N–C) groups is 1. The number of benzene rings is 2. The molecule has 174 valence electrons. The number of hydrogen-bond donors (Lipinski definition) is 1. The lowest BCUT2D eigenvalue weighted by atomic mass is 9.98. The zero-order valence-corrected chi connectivity index (χ0v) is 19.5. The smallest absolute Gasteiger partial charge is 0.283 e. The summed E-state index contributed by atoms with van der Waals surface area (Å²) in [5.74, 6) is -0.500. The summed E-state index contributed by atoms with van der Waals surface area (Å²) in [4.78, 5) is 27.6. The summed E-state index contributed by atoms with van der Waals surface area (Å²) >= 11 is 1.32. The van der Waals surface area contributed by atoms with Crippen molar-refractivity contribution in [1.29, 1.82) is 5.41 Å². The number of carbonyl (C=O) groups excluding carboxylic acids is 1. The Morgan fingerprint density at radius 1 is 1.11 bits per heavy atom. The molecule has 2 aromatic carbocycles. The minimum atomic E-state index is -0.505. The Bertz CT molecular complexity index is 1420. The van der Waals surface area contributed by atoms with Crippen LogP contribution in [0.1, 0.15) is 30.5 Å². The summed E-state index contributed by atoms with van der Waals surface area (Å²) in [6.07, 6.45) is 4.20. The van der Waals surface area contributed by atoms with Crippen LogP contribution in [-0.2, 0) is 4.79 Å². The normalized spacial score (nSPS) is 17.3. The second-order valence-corrected chi connectivity index (χ2v) is 8.89. The van der Waals surface area contributed by atoms with Gasteiger partial charge in [-0.3, -0.25) is 20.3 Å². The van der Waals surface area contributed by atoms with Gasteiger partial charge < -0.3 is 4.57 Å². The second kappa shape index (κ2) is 9.15. The number of nitro benzene ring substituents is 1. The van der Waals surface area contributed by atoms with E-state index in [2.05, 4.69) is 17.0 Å². The van der Waals surface area contributed by atoms with Crippen LogP contribution in [-0.4, -0.2) is 36.5 Å². The molecule has 3 aromatic rings. The summed E-state index contributed by atoms with van der Waals surface area (Å²) in [6, 6.07) is 19.7. The lowest BCUT2D eigenvalue weighted by Crippen LogP contribution is -2.35. The van der Waals surface area contributed by atoms with Gasteiger partial charge in [0.2, 0.25) is 5.17 Å². The van der Waals surface area contributed by atoms with E-state index in [0.29, 0.717) is 16.5 Å². The van der Waals surface area contributed by atoms with Crippen molar-refractivity contribution in [2.24, 2.45) is 10.1 Å². The van der Waals surface area contributed by atoms with Crippen LogP contribution in [0.5, 0.6) is 0 Å². The molecule has 3 heterocycles. The van der Waals surface area contributed by atoms with Gasteiger partial charge in [-0.15, -0.1) is 0 Å². The summed E-state index contributed by atoms with van der Waals surface area (Å²) in [5.41, 5.74) is 2.56. The number of fused-ring (bicyclic) bond motifs is 1. The van der Waals surface area contributed by atoms with Crippen LogP contribution in [0.15, 0.2) is 88.6 Å². The van der Waals surface area contributed by atoms with Gasteiger partial charge in [-0.2, -0.15) is 15.1 Å². The molecule has 1 N–H and O–H groups in total. The van der Waals surface area contributed by atoms with Crippen LogP contribution in [0.2, 0.25) is 0 Å². The number of nitrogens with zero attached hydrogens (tertiary/aromatic N) is 5. The van der Waals surface area contributed by atoms with Crippen LogP contribution in [0.3, 0.4) is 0 Å². The molecular formula is C25H20N6O3S. The quantitative estimate of drug-likeness (QED) is 0.293. The van der Waals surface area contributed by atoms with Gasteiger partial charge in [-0.25, -0.2) is 0 Å². The van der Waals surface area contributed by atoms with E-state index in [1.165, 1.54) is 28.9 Å². The number of aromatic nitrogens is 1. The average Bonchev–Trinajstić information content (AvgIpc) is 3.50. The highest BCUT2D eigenvalue weighted by atomic mass is 32.2. The Kier molecular flexibility index (Phi) is 5.87. The van der Waals surface area contributed by atoms with Crippen molar-refractivity contribution in [3.63, 3.8) is 0 Å². The molecule has 1 amide bonds. The van der Waals surface area contributed by atoms with E-state index < -0.39 is 10.8 Å². The molecular weight excluding hydrogens is 464 g/mol. The first-order chi connectivity index (χ1) is 17.0. The van der Waals surface area contributed by atoms with Crippen LogP contribution in [0.25, 0.3) is 11.8 Å². The maximum absolute atomic E-state index is 12.9. The monoisotopic (exact) mass is 484 g/mol. The molecule has 2 aliphatic rings. The maximum atomic E-state index is 12.9. The molecule has 0 saturated carbocycles. The molecule has 1 aromatic heterocycles. The van der Waals surface area contributed by atoms with Crippen molar-refractivity contribution in [2.45, 2.75) is 19.3 Å². The first-order valence-electron chi connectivity index (χ1n) is 10.9. The van der Waals surface area contributed by atoms with E-state index >= 15 is 0 Å². The molecule has 35 heavy (non-hydrogen) atoms. The van der Waals surface area contributed by atoms with Gasteiger partial charge in [-0.05, 0) is 54.1 Å². The SMILES string of the molecule is CCC(C1=NN2C(=N)/C(=C\c3cccn3-c3ccc([N+](=O)[O-])cc3)C(=O)N=C2S1)c1ccccc1. The number of amides is 1. The fraction of sp³-hybridized carbons (Fsp3) is 0.120. The summed E-state index contributed by atoms with van der Waals surface area (Å²) < 4.78 is 1.78. The Morgan fingerprint density at radius 3 is 2.54 bits per heavy atom. The van der Waals surface area contributed by atoms with Crippen LogP contribution in [0, 0.1) is 15.5 Å². The molecule has 0 saturated heterocycles. The lowest BCUT2D eigenvalue weighted by molar-refractivity contribution is -0.384. The van der Waals surface area contributed by atoms with Crippen molar-refractivity contribution in [1.82, 2.24) is 9.58 Å². The van der Waals surface area contributed by atoms with E-state index in [1.807, 2.05) is 30.3 Å². The molecule has 0 aliphatic carbocycles. The Balaban J connectivity index is 1.46. The molecule has 9 nitrogen and oxygen atoms in total. The third-order valence-corrected chi connectivity index (χ3v) is 6.81. The molecule has 0 radical (unpaired) electrons. The van der Waals surface area contributed by atoms with Crippen molar-refractivity contribution in [3.8, 4) is 5.69 Å². The van der Waals surface area contributed by atoms with Crippen LogP contribution < -0.4 is 0 Å². The Morgan fingerprint density at radius 2 is 1.86 bits per heavy atom. The Hall–Kier alpha value is -4.31. The molecule has 1 unspecified atom stereocenters. The summed E-state index contributed by atoms with van der Waals surface area (Å²) in [5, 5.41) is 26.9. The van der Waals surface area contributed by atoms with Gasteiger partial charge >= 0.3 is 0 Å². The van der Waals surface area contributed by atoms with E-state index in [1.54, 1.807) is 41.1 Å². The van der Waals surface area contributed by atoms with Gasteiger partial charge in [0.25, 0.3) is 11.6 Å². The van der Waals surface area contributed by atoms with Crippen LogP contribution in [0.4, 0.5) is 5.69 Å². The number of amidine groups is 2. The number of rotatable bonds is 6. The highest BCUT2D eigenvalue weighted by molar-refractivity contribution is 8.27. The van der Waals surface area contributed by atoms with Gasteiger partial charge in [-0.1, -0.05) is 37.3 Å². The predicted molar refractivity (Wildman–Crippen MR) is 137 cm³/mol. The molecule has 0 spiro atoms. The van der Waals surface area contributed by atoms with Crippen molar-refractivity contribution < 1.29 is 9.72 Å². The molecule has 2 aliphatic heterocycles. The number of non-ortho nitro benzene ring substituents is 1. The number of hydrogen-bond acceptors (Lipinski definition) is 6. The molecule has 1 atom stereocenters. The number of thioether (sulfide) groups is 1. The number of hydrazone groups is 1. The number of nitrogens with one attached hydrogen (secondary N) is 1.